The number of anilines is 2. The van der Waals surface area contributed by atoms with Crippen LogP contribution in [0.25, 0.3) is 0 Å². The highest BCUT2D eigenvalue weighted by Crippen LogP contribution is 2.27. The lowest BCUT2D eigenvalue weighted by Crippen LogP contribution is -2.15. The molecule has 0 fully saturated rings. The molecule has 3 aromatic rings. The molecule has 2 N–H and O–H groups in total. The molecule has 29 heavy (non-hydrogen) atoms. The Morgan fingerprint density at radius 2 is 1.66 bits per heavy atom. The Balaban J connectivity index is 1.79. The fraction of sp³-hybridized carbons (Fsp3) is 0.136. The summed E-state index contributed by atoms with van der Waals surface area (Å²) in [5.74, 6) is -0.319. The van der Waals surface area contributed by atoms with Gasteiger partial charge in [-0.05, 0) is 55.3 Å². The van der Waals surface area contributed by atoms with Crippen LogP contribution in [0.1, 0.15) is 28.4 Å². The maximum Gasteiger partial charge on any atom is 0.261 e. The standard InChI is InChI=1S/C22H21ClN2O3S/c1-3-16-6-4-5-7-20(16)24-22(26)17-10-13-21(19(23)14-17)25-29(27,28)18-11-8-15(2)9-12-18/h4-14,25H,3H2,1-2H3,(H,24,26). The van der Waals surface area contributed by atoms with Crippen LogP contribution in [0.3, 0.4) is 0 Å². The molecule has 0 unspecified atom stereocenters. The first-order valence-electron chi connectivity index (χ1n) is 9.08. The number of sulfonamides is 1. The van der Waals surface area contributed by atoms with Gasteiger partial charge in [0.25, 0.3) is 15.9 Å². The monoisotopic (exact) mass is 428 g/mol. The Bertz CT molecular complexity index is 1140. The highest BCUT2D eigenvalue weighted by Gasteiger charge is 2.17. The van der Waals surface area contributed by atoms with Crippen LogP contribution < -0.4 is 10.0 Å². The SMILES string of the molecule is CCc1ccccc1NC(=O)c1ccc(NS(=O)(=O)c2ccc(C)cc2)c(Cl)c1. The molecule has 1 amide bonds. The second kappa shape index (κ2) is 8.68. The molecule has 0 saturated heterocycles. The van der Waals surface area contributed by atoms with Gasteiger partial charge in [0, 0.05) is 11.3 Å². The molecule has 0 aliphatic heterocycles. The Morgan fingerprint density at radius 1 is 0.966 bits per heavy atom. The van der Waals surface area contributed by atoms with E-state index in [0.29, 0.717) is 5.56 Å². The minimum Gasteiger partial charge on any atom is -0.322 e. The largest absolute Gasteiger partial charge is 0.322 e. The first-order valence-corrected chi connectivity index (χ1v) is 10.9. The normalized spacial score (nSPS) is 11.1. The summed E-state index contributed by atoms with van der Waals surface area (Å²) in [5, 5.41) is 3.00. The van der Waals surface area contributed by atoms with Crippen LogP contribution in [0.15, 0.2) is 71.6 Å². The smallest absolute Gasteiger partial charge is 0.261 e. The fourth-order valence-electron chi connectivity index (χ4n) is 2.81. The molecular weight excluding hydrogens is 408 g/mol. The number of carbonyl (C=O) groups excluding carboxylic acids is 1. The van der Waals surface area contributed by atoms with E-state index in [2.05, 4.69) is 10.0 Å². The second-order valence-electron chi connectivity index (χ2n) is 6.58. The van der Waals surface area contributed by atoms with Crippen molar-refractivity contribution in [1.82, 2.24) is 0 Å². The van der Waals surface area contributed by atoms with Crippen molar-refractivity contribution in [3.63, 3.8) is 0 Å². The van der Waals surface area contributed by atoms with Crippen molar-refractivity contribution in [3.8, 4) is 0 Å². The molecule has 0 aliphatic carbocycles. The summed E-state index contributed by atoms with van der Waals surface area (Å²) in [6, 6.07) is 18.5. The van der Waals surface area contributed by atoms with Crippen molar-refractivity contribution >= 4 is 38.9 Å². The van der Waals surface area contributed by atoms with E-state index in [-0.39, 0.29) is 21.5 Å². The second-order valence-corrected chi connectivity index (χ2v) is 8.67. The molecule has 0 saturated carbocycles. The van der Waals surface area contributed by atoms with E-state index in [1.807, 2.05) is 38.1 Å². The van der Waals surface area contributed by atoms with Crippen LogP contribution >= 0.6 is 11.6 Å². The van der Waals surface area contributed by atoms with E-state index in [0.717, 1.165) is 23.2 Å². The zero-order valence-electron chi connectivity index (χ0n) is 16.1. The molecule has 5 nitrogen and oxygen atoms in total. The van der Waals surface area contributed by atoms with Crippen LogP contribution in [-0.4, -0.2) is 14.3 Å². The summed E-state index contributed by atoms with van der Waals surface area (Å²) in [5.41, 5.74) is 3.26. The molecule has 0 bridgehead atoms. The topological polar surface area (TPSA) is 75.3 Å². The van der Waals surface area contributed by atoms with Gasteiger partial charge in [-0.1, -0.05) is 54.4 Å². The van der Waals surface area contributed by atoms with Crippen LogP contribution in [0.4, 0.5) is 11.4 Å². The maximum atomic E-state index is 12.6. The molecule has 3 rings (SSSR count). The maximum absolute atomic E-state index is 12.6. The first kappa shape index (κ1) is 20.9. The van der Waals surface area contributed by atoms with E-state index in [9.17, 15) is 13.2 Å². The third kappa shape index (κ3) is 4.96. The number of rotatable bonds is 6. The lowest BCUT2D eigenvalue weighted by atomic mass is 10.1. The fourth-order valence-corrected chi connectivity index (χ4v) is 4.17. The van der Waals surface area contributed by atoms with Gasteiger partial charge in [0.1, 0.15) is 0 Å². The molecule has 0 aliphatic rings. The Morgan fingerprint density at radius 3 is 2.31 bits per heavy atom. The number of amides is 1. The van der Waals surface area contributed by atoms with E-state index in [1.54, 1.807) is 12.1 Å². The number of aryl methyl sites for hydroxylation is 2. The predicted octanol–water partition coefficient (Wildman–Crippen LogP) is 5.26. The average Bonchev–Trinajstić information content (AvgIpc) is 2.70. The van der Waals surface area contributed by atoms with Gasteiger partial charge in [0.2, 0.25) is 0 Å². The van der Waals surface area contributed by atoms with Gasteiger partial charge in [-0.15, -0.1) is 0 Å². The van der Waals surface area contributed by atoms with Gasteiger partial charge < -0.3 is 5.32 Å². The van der Waals surface area contributed by atoms with E-state index >= 15 is 0 Å². The lowest BCUT2D eigenvalue weighted by Gasteiger charge is -2.12. The molecule has 0 spiro atoms. The van der Waals surface area contributed by atoms with E-state index in [4.69, 9.17) is 11.6 Å². The summed E-state index contributed by atoms with van der Waals surface area (Å²) in [7, 11) is -3.78. The van der Waals surface area contributed by atoms with Gasteiger partial charge in [0.15, 0.2) is 0 Å². The zero-order valence-corrected chi connectivity index (χ0v) is 17.6. The van der Waals surface area contributed by atoms with E-state index in [1.165, 1.54) is 30.3 Å². The minimum atomic E-state index is -3.78. The number of hydrogen-bond donors (Lipinski definition) is 2. The first-order chi connectivity index (χ1) is 13.8. The molecule has 0 aromatic heterocycles. The summed E-state index contributed by atoms with van der Waals surface area (Å²) in [6.45, 7) is 3.89. The van der Waals surface area contributed by atoms with Gasteiger partial charge >= 0.3 is 0 Å². The number of benzene rings is 3. The number of halogens is 1. The van der Waals surface area contributed by atoms with E-state index < -0.39 is 10.0 Å². The average molecular weight is 429 g/mol. The summed E-state index contributed by atoms with van der Waals surface area (Å²) in [4.78, 5) is 12.7. The summed E-state index contributed by atoms with van der Waals surface area (Å²) < 4.78 is 27.6. The summed E-state index contributed by atoms with van der Waals surface area (Å²) in [6.07, 6.45) is 0.789. The number of para-hydroxylation sites is 1. The number of nitrogens with one attached hydrogen (secondary N) is 2. The Hall–Kier alpha value is -2.83. The van der Waals surface area contributed by atoms with Crippen LogP contribution in [0.5, 0.6) is 0 Å². The molecule has 0 radical (unpaired) electrons. The Kier molecular flexibility index (Phi) is 6.25. The van der Waals surface area contributed by atoms with Crippen LogP contribution in [-0.2, 0) is 16.4 Å². The highest BCUT2D eigenvalue weighted by atomic mass is 35.5. The van der Waals surface area contributed by atoms with Crippen molar-refractivity contribution in [2.45, 2.75) is 25.2 Å². The summed E-state index contributed by atoms with van der Waals surface area (Å²) >= 11 is 6.25. The Labute approximate surface area is 175 Å². The highest BCUT2D eigenvalue weighted by molar-refractivity contribution is 7.92. The molecule has 150 valence electrons. The van der Waals surface area contributed by atoms with Crippen molar-refractivity contribution in [3.05, 3.63) is 88.4 Å². The van der Waals surface area contributed by atoms with Crippen LogP contribution in [0, 0.1) is 6.92 Å². The van der Waals surface area contributed by atoms with Crippen molar-refractivity contribution in [2.75, 3.05) is 10.0 Å². The zero-order chi connectivity index (χ0) is 21.0. The third-order valence-electron chi connectivity index (χ3n) is 4.45. The quantitative estimate of drug-likeness (QED) is 0.562. The van der Waals surface area contributed by atoms with Gasteiger partial charge in [-0.2, -0.15) is 0 Å². The van der Waals surface area contributed by atoms with Gasteiger partial charge in [-0.25, -0.2) is 8.42 Å². The van der Waals surface area contributed by atoms with Gasteiger partial charge in [0.05, 0.1) is 15.6 Å². The predicted molar refractivity (Wildman–Crippen MR) is 117 cm³/mol. The minimum absolute atomic E-state index is 0.136. The molecule has 0 heterocycles. The van der Waals surface area contributed by atoms with Crippen LogP contribution in [0.2, 0.25) is 5.02 Å². The molecule has 7 heteroatoms. The molecule has 3 aromatic carbocycles. The molecule has 0 atom stereocenters. The third-order valence-corrected chi connectivity index (χ3v) is 6.15. The lowest BCUT2D eigenvalue weighted by molar-refractivity contribution is 0.102. The van der Waals surface area contributed by atoms with Crippen molar-refractivity contribution in [1.29, 1.82) is 0 Å². The number of carbonyl (C=O) groups is 1. The molecular formula is C22H21ClN2O3S. The van der Waals surface area contributed by atoms with Crippen molar-refractivity contribution < 1.29 is 13.2 Å². The van der Waals surface area contributed by atoms with Gasteiger partial charge in [-0.3, -0.25) is 9.52 Å². The van der Waals surface area contributed by atoms with Crippen molar-refractivity contribution in [2.24, 2.45) is 0 Å². The number of hydrogen-bond acceptors (Lipinski definition) is 3.